The average molecular weight is 323 g/mol. The highest BCUT2D eigenvalue weighted by Gasteiger charge is 2.22. The molecule has 3 aromatic rings. The molecule has 0 aromatic carbocycles. The van der Waals surface area contributed by atoms with Crippen molar-refractivity contribution in [2.24, 2.45) is 0 Å². The number of nitrogens with one attached hydrogen (secondary N) is 1. The van der Waals surface area contributed by atoms with Gasteiger partial charge in [-0.25, -0.2) is 4.98 Å². The van der Waals surface area contributed by atoms with E-state index in [-0.39, 0.29) is 5.56 Å². The molecule has 0 atom stereocenters. The van der Waals surface area contributed by atoms with Crippen LogP contribution in [0.25, 0.3) is 5.65 Å². The summed E-state index contributed by atoms with van der Waals surface area (Å²) in [6.45, 7) is 4.74. The van der Waals surface area contributed by atoms with Crippen LogP contribution in [-0.2, 0) is 6.54 Å². The van der Waals surface area contributed by atoms with Crippen molar-refractivity contribution in [3.8, 4) is 0 Å². The summed E-state index contributed by atoms with van der Waals surface area (Å²) in [5.41, 5.74) is 3.86. The molecule has 0 aliphatic carbocycles. The molecule has 1 N–H and O–H groups in total. The van der Waals surface area contributed by atoms with Crippen molar-refractivity contribution in [2.45, 2.75) is 32.2 Å². The summed E-state index contributed by atoms with van der Waals surface area (Å²) in [5.74, 6) is 0.557. The number of likely N-dealkylation sites (tertiary alicyclic amines) is 1. The van der Waals surface area contributed by atoms with Crippen LogP contribution in [0.3, 0.4) is 0 Å². The Hall–Kier alpha value is -2.47. The van der Waals surface area contributed by atoms with Gasteiger partial charge in [0.2, 0.25) is 0 Å². The number of piperidine rings is 1. The molecular weight excluding hydrogens is 302 g/mol. The Labute approximate surface area is 140 Å². The lowest BCUT2D eigenvalue weighted by Gasteiger charge is -2.31. The van der Waals surface area contributed by atoms with Crippen LogP contribution < -0.4 is 5.56 Å². The fourth-order valence-corrected chi connectivity index (χ4v) is 3.52. The Kier molecular flexibility index (Phi) is 3.90. The van der Waals surface area contributed by atoms with Gasteiger partial charge in [-0.15, -0.1) is 0 Å². The van der Waals surface area contributed by atoms with Gasteiger partial charge in [0, 0.05) is 36.6 Å². The van der Waals surface area contributed by atoms with Crippen molar-refractivity contribution in [1.82, 2.24) is 24.5 Å². The first-order valence-corrected chi connectivity index (χ1v) is 8.40. The molecule has 3 aromatic heterocycles. The number of aryl methyl sites for hydroxylation is 1. The third-order valence-electron chi connectivity index (χ3n) is 4.87. The first kappa shape index (κ1) is 15.1. The monoisotopic (exact) mass is 323 g/mol. The van der Waals surface area contributed by atoms with Gasteiger partial charge in [0.05, 0.1) is 5.69 Å². The first-order valence-electron chi connectivity index (χ1n) is 8.40. The quantitative estimate of drug-likeness (QED) is 0.802. The SMILES string of the molecule is Cc1cccn2c(=O)cc(CN3CCC(c4ccn[nH]4)CC3)nc12. The predicted molar refractivity (Wildman–Crippen MR) is 92.0 cm³/mol. The van der Waals surface area contributed by atoms with E-state index in [1.807, 2.05) is 25.3 Å². The van der Waals surface area contributed by atoms with Gasteiger partial charge in [0.15, 0.2) is 0 Å². The molecule has 4 rings (SSSR count). The van der Waals surface area contributed by atoms with Crippen LogP contribution in [0, 0.1) is 6.92 Å². The van der Waals surface area contributed by atoms with Crippen LogP contribution in [-0.4, -0.2) is 37.6 Å². The number of hydrogen-bond donors (Lipinski definition) is 1. The molecule has 0 saturated carbocycles. The Balaban J connectivity index is 1.49. The van der Waals surface area contributed by atoms with Crippen molar-refractivity contribution in [2.75, 3.05) is 13.1 Å². The maximum Gasteiger partial charge on any atom is 0.258 e. The minimum absolute atomic E-state index is 0.00829. The normalized spacial score (nSPS) is 16.7. The summed E-state index contributed by atoms with van der Waals surface area (Å²) in [5, 5.41) is 7.13. The van der Waals surface area contributed by atoms with E-state index in [1.54, 1.807) is 16.7 Å². The summed E-state index contributed by atoms with van der Waals surface area (Å²) in [7, 11) is 0. The van der Waals surface area contributed by atoms with Crippen LogP contribution in [0.2, 0.25) is 0 Å². The van der Waals surface area contributed by atoms with E-state index in [2.05, 4.69) is 21.2 Å². The van der Waals surface area contributed by atoms with Crippen LogP contribution >= 0.6 is 0 Å². The van der Waals surface area contributed by atoms with Gasteiger partial charge in [-0.2, -0.15) is 5.10 Å². The lowest BCUT2D eigenvalue weighted by molar-refractivity contribution is 0.201. The molecule has 1 fully saturated rings. The number of aromatic amines is 1. The van der Waals surface area contributed by atoms with E-state index >= 15 is 0 Å². The second kappa shape index (κ2) is 6.20. The molecule has 0 bridgehead atoms. The minimum atomic E-state index is -0.00829. The Morgan fingerprint density at radius 1 is 1.29 bits per heavy atom. The number of fused-ring (bicyclic) bond motifs is 1. The number of aromatic nitrogens is 4. The molecule has 6 heteroatoms. The Bertz CT molecular complexity index is 891. The second-order valence-electron chi connectivity index (χ2n) is 6.53. The lowest BCUT2D eigenvalue weighted by atomic mass is 9.93. The van der Waals surface area contributed by atoms with Crippen LogP contribution in [0.4, 0.5) is 0 Å². The lowest BCUT2D eigenvalue weighted by Crippen LogP contribution is -2.33. The van der Waals surface area contributed by atoms with Gasteiger partial charge in [-0.05, 0) is 50.6 Å². The zero-order chi connectivity index (χ0) is 16.5. The molecule has 6 nitrogen and oxygen atoms in total. The molecule has 0 radical (unpaired) electrons. The van der Waals surface area contributed by atoms with Crippen molar-refractivity contribution in [3.05, 3.63) is 64.0 Å². The van der Waals surface area contributed by atoms with E-state index < -0.39 is 0 Å². The fraction of sp³-hybridized carbons (Fsp3) is 0.389. The summed E-state index contributed by atoms with van der Waals surface area (Å²) in [6, 6.07) is 7.59. The zero-order valence-electron chi connectivity index (χ0n) is 13.8. The number of hydrogen-bond acceptors (Lipinski definition) is 4. The van der Waals surface area contributed by atoms with Crippen molar-refractivity contribution >= 4 is 5.65 Å². The number of rotatable bonds is 3. The Morgan fingerprint density at radius 2 is 2.12 bits per heavy atom. The topological polar surface area (TPSA) is 66.3 Å². The maximum atomic E-state index is 12.3. The highest BCUT2D eigenvalue weighted by molar-refractivity contribution is 5.46. The summed E-state index contributed by atoms with van der Waals surface area (Å²) < 4.78 is 1.61. The van der Waals surface area contributed by atoms with Crippen molar-refractivity contribution in [1.29, 1.82) is 0 Å². The van der Waals surface area contributed by atoms with Gasteiger partial charge in [0.1, 0.15) is 5.65 Å². The molecule has 1 aliphatic heterocycles. The minimum Gasteiger partial charge on any atom is -0.297 e. The Morgan fingerprint density at radius 3 is 2.88 bits per heavy atom. The second-order valence-corrected chi connectivity index (χ2v) is 6.53. The van der Waals surface area contributed by atoms with Gasteiger partial charge >= 0.3 is 0 Å². The molecule has 0 unspecified atom stereocenters. The van der Waals surface area contributed by atoms with Gasteiger partial charge < -0.3 is 0 Å². The molecule has 0 amide bonds. The molecule has 0 spiro atoms. The summed E-state index contributed by atoms with van der Waals surface area (Å²) >= 11 is 0. The molecule has 1 saturated heterocycles. The van der Waals surface area contributed by atoms with Gasteiger partial charge in [-0.3, -0.25) is 19.2 Å². The van der Waals surface area contributed by atoms with Crippen molar-refractivity contribution < 1.29 is 0 Å². The van der Waals surface area contributed by atoms with E-state index in [0.29, 0.717) is 5.92 Å². The largest absolute Gasteiger partial charge is 0.297 e. The first-order chi connectivity index (χ1) is 11.7. The van der Waals surface area contributed by atoms with E-state index in [0.717, 1.165) is 49.4 Å². The number of pyridine rings is 1. The predicted octanol–water partition coefficient (Wildman–Crippen LogP) is 2.11. The molecular formula is C18H21N5O. The number of H-pyrrole nitrogens is 1. The summed E-state index contributed by atoms with van der Waals surface area (Å²) in [6.07, 6.45) is 5.80. The van der Waals surface area contributed by atoms with Crippen LogP contribution in [0.5, 0.6) is 0 Å². The zero-order valence-corrected chi connectivity index (χ0v) is 13.8. The third kappa shape index (κ3) is 2.85. The van der Waals surface area contributed by atoms with E-state index in [4.69, 9.17) is 4.98 Å². The molecule has 4 heterocycles. The average Bonchev–Trinajstić information content (AvgIpc) is 3.11. The van der Waals surface area contributed by atoms with Gasteiger partial charge in [-0.1, -0.05) is 6.07 Å². The highest BCUT2D eigenvalue weighted by Crippen LogP contribution is 2.26. The maximum absolute atomic E-state index is 12.3. The number of nitrogens with zero attached hydrogens (tertiary/aromatic N) is 4. The molecule has 124 valence electrons. The highest BCUT2D eigenvalue weighted by atomic mass is 16.1. The smallest absolute Gasteiger partial charge is 0.258 e. The third-order valence-corrected chi connectivity index (χ3v) is 4.87. The van der Waals surface area contributed by atoms with Crippen LogP contribution in [0.1, 0.15) is 35.7 Å². The van der Waals surface area contributed by atoms with Crippen molar-refractivity contribution in [3.63, 3.8) is 0 Å². The van der Waals surface area contributed by atoms with Crippen LogP contribution in [0.15, 0.2) is 41.5 Å². The molecule has 24 heavy (non-hydrogen) atoms. The van der Waals surface area contributed by atoms with E-state index in [9.17, 15) is 4.79 Å². The van der Waals surface area contributed by atoms with Gasteiger partial charge in [0.25, 0.3) is 5.56 Å². The molecule has 1 aliphatic rings. The van der Waals surface area contributed by atoms with E-state index in [1.165, 1.54) is 5.69 Å². The summed E-state index contributed by atoms with van der Waals surface area (Å²) in [4.78, 5) is 19.4. The standard InChI is InChI=1S/C18H21N5O/c1-13-3-2-8-23-17(24)11-15(20-18(13)23)12-22-9-5-14(6-10-22)16-4-7-19-21-16/h2-4,7-8,11,14H,5-6,9-10,12H2,1H3,(H,19,21). The fourth-order valence-electron chi connectivity index (χ4n) is 3.52.